The lowest BCUT2D eigenvalue weighted by molar-refractivity contribution is 0.0948. The van der Waals surface area contributed by atoms with E-state index in [4.69, 9.17) is 4.74 Å². The quantitative estimate of drug-likeness (QED) is 0.389. The number of nitrogens with one attached hydrogen (secondary N) is 1. The van der Waals surface area contributed by atoms with Crippen LogP contribution in [0.15, 0.2) is 82.5 Å². The van der Waals surface area contributed by atoms with Crippen LogP contribution in [0.25, 0.3) is 10.9 Å². The smallest absolute Gasteiger partial charge is 0.332 e. The summed E-state index contributed by atoms with van der Waals surface area (Å²) < 4.78 is 7.78. The number of ether oxygens (including phenoxy) is 1. The number of benzene rings is 2. The van der Waals surface area contributed by atoms with Crippen molar-refractivity contribution >= 4 is 16.8 Å². The molecule has 0 saturated heterocycles. The van der Waals surface area contributed by atoms with Crippen LogP contribution >= 0.6 is 0 Å². The summed E-state index contributed by atoms with van der Waals surface area (Å²) in [6.45, 7) is 1.46. The number of hydrogen-bond donors (Lipinski definition) is 1. The van der Waals surface area contributed by atoms with E-state index in [0.29, 0.717) is 29.6 Å². The van der Waals surface area contributed by atoms with Gasteiger partial charge in [-0.1, -0.05) is 30.3 Å². The van der Waals surface area contributed by atoms with Crippen molar-refractivity contribution in [2.24, 2.45) is 0 Å². The standard InChI is InChI=1S/C26H26N4O4/c1-34-16-6-15-28-24(31)20-12-10-19(11-13-20)17-30-25(32)22-8-2-3-9-23(22)29(26(30)33)18-21-7-4-5-14-27-21/h2-5,7-14H,6,15-18H2,1H3,(H,28,31). The number of carbonyl (C=O) groups is 1. The van der Waals surface area contributed by atoms with E-state index in [0.717, 1.165) is 17.7 Å². The van der Waals surface area contributed by atoms with Crippen LogP contribution in [0.4, 0.5) is 0 Å². The third-order valence-electron chi connectivity index (χ3n) is 5.55. The summed E-state index contributed by atoms with van der Waals surface area (Å²) in [4.78, 5) is 43.2. The second-order valence-electron chi connectivity index (χ2n) is 7.90. The highest BCUT2D eigenvalue weighted by molar-refractivity contribution is 5.94. The minimum Gasteiger partial charge on any atom is -0.385 e. The highest BCUT2D eigenvalue weighted by Gasteiger charge is 2.14. The van der Waals surface area contributed by atoms with Crippen molar-refractivity contribution in [2.75, 3.05) is 20.3 Å². The van der Waals surface area contributed by atoms with Crippen molar-refractivity contribution in [1.29, 1.82) is 0 Å². The van der Waals surface area contributed by atoms with Crippen LogP contribution in [0.3, 0.4) is 0 Å². The fraction of sp³-hybridized carbons (Fsp3) is 0.231. The second-order valence-corrected chi connectivity index (χ2v) is 7.90. The Kier molecular flexibility index (Phi) is 7.29. The number of para-hydroxylation sites is 1. The fourth-order valence-corrected chi connectivity index (χ4v) is 3.78. The number of rotatable bonds is 9. The molecule has 0 aliphatic carbocycles. The lowest BCUT2D eigenvalue weighted by atomic mass is 10.1. The van der Waals surface area contributed by atoms with Gasteiger partial charge in [-0.05, 0) is 48.4 Å². The van der Waals surface area contributed by atoms with Crippen molar-refractivity contribution in [3.63, 3.8) is 0 Å². The van der Waals surface area contributed by atoms with Gasteiger partial charge in [-0.25, -0.2) is 4.79 Å². The maximum Gasteiger partial charge on any atom is 0.332 e. The van der Waals surface area contributed by atoms with Crippen LogP contribution in [-0.4, -0.2) is 40.3 Å². The molecule has 0 saturated carbocycles. The Morgan fingerprint density at radius 2 is 1.71 bits per heavy atom. The van der Waals surface area contributed by atoms with Gasteiger partial charge in [0.1, 0.15) is 0 Å². The number of fused-ring (bicyclic) bond motifs is 1. The van der Waals surface area contributed by atoms with E-state index < -0.39 is 5.69 Å². The molecule has 8 heteroatoms. The Labute approximate surface area is 196 Å². The molecule has 0 unspecified atom stereocenters. The van der Waals surface area contributed by atoms with Crippen molar-refractivity contribution in [1.82, 2.24) is 19.4 Å². The van der Waals surface area contributed by atoms with Gasteiger partial charge in [0.05, 0.1) is 29.7 Å². The lowest BCUT2D eigenvalue weighted by Gasteiger charge is -2.14. The fourth-order valence-electron chi connectivity index (χ4n) is 3.78. The summed E-state index contributed by atoms with van der Waals surface area (Å²) in [5.74, 6) is -0.178. The molecule has 2 aromatic heterocycles. The molecule has 2 aromatic carbocycles. The molecule has 34 heavy (non-hydrogen) atoms. The van der Waals surface area contributed by atoms with Gasteiger partial charge in [0.25, 0.3) is 11.5 Å². The van der Waals surface area contributed by atoms with Crippen LogP contribution in [0.5, 0.6) is 0 Å². The van der Waals surface area contributed by atoms with Gasteiger partial charge < -0.3 is 10.1 Å². The SMILES string of the molecule is COCCCNC(=O)c1ccc(Cn2c(=O)c3ccccc3n(Cc3ccccn3)c2=O)cc1. The Morgan fingerprint density at radius 3 is 2.44 bits per heavy atom. The van der Waals surface area contributed by atoms with E-state index in [1.54, 1.807) is 66.4 Å². The number of methoxy groups -OCH3 is 1. The van der Waals surface area contributed by atoms with Crippen LogP contribution in [0, 0.1) is 0 Å². The van der Waals surface area contributed by atoms with E-state index in [1.165, 1.54) is 4.57 Å². The summed E-state index contributed by atoms with van der Waals surface area (Å²) in [6, 6.07) is 19.5. The van der Waals surface area contributed by atoms with Crippen LogP contribution in [0.1, 0.15) is 28.0 Å². The van der Waals surface area contributed by atoms with Crippen LogP contribution in [-0.2, 0) is 17.8 Å². The van der Waals surface area contributed by atoms with E-state index in [-0.39, 0.29) is 24.6 Å². The number of aromatic nitrogens is 3. The van der Waals surface area contributed by atoms with Crippen molar-refractivity contribution in [3.05, 3.63) is 111 Å². The molecule has 0 atom stereocenters. The molecule has 0 aliphatic heterocycles. The zero-order valence-corrected chi connectivity index (χ0v) is 18.9. The molecule has 8 nitrogen and oxygen atoms in total. The number of amides is 1. The zero-order valence-electron chi connectivity index (χ0n) is 18.9. The Hall–Kier alpha value is -4.04. The molecule has 0 fully saturated rings. The topological polar surface area (TPSA) is 95.2 Å². The lowest BCUT2D eigenvalue weighted by Crippen LogP contribution is -2.40. The first-order valence-electron chi connectivity index (χ1n) is 11.1. The molecule has 1 amide bonds. The monoisotopic (exact) mass is 458 g/mol. The van der Waals surface area contributed by atoms with Gasteiger partial charge in [-0.15, -0.1) is 0 Å². The minimum absolute atomic E-state index is 0.0977. The molecular formula is C26H26N4O4. The first-order chi connectivity index (χ1) is 16.6. The van der Waals surface area contributed by atoms with E-state index in [1.807, 2.05) is 18.2 Å². The highest BCUT2D eigenvalue weighted by atomic mass is 16.5. The van der Waals surface area contributed by atoms with Crippen molar-refractivity contribution in [3.8, 4) is 0 Å². The highest BCUT2D eigenvalue weighted by Crippen LogP contribution is 2.11. The molecule has 0 radical (unpaired) electrons. The minimum atomic E-state index is -0.408. The molecular weight excluding hydrogens is 432 g/mol. The molecule has 174 valence electrons. The molecule has 0 aliphatic rings. The van der Waals surface area contributed by atoms with Crippen molar-refractivity contribution in [2.45, 2.75) is 19.5 Å². The molecule has 0 spiro atoms. The summed E-state index contributed by atoms with van der Waals surface area (Å²) in [7, 11) is 1.62. The molecule has 4 aromatic rings. The Morgan fingerprint density at radius 1 is 0.941 bits per heavy atom. The first kappa shape index (κ1) is 23.1. The second kappa shape index (κ2) is 10.7. The Bertz CT molecular complexity index is 1390. The van der Waals surface area contributed by atoms with E-state index >= 15 is 0 Å². The maximum absolute atomic E-state index is 13.4. The number of hydrogen-bond acceptors (Lipinski definition) is 5. The summed E-state index contributed by atoms with van der Waals surface area (Å²) in [6.07, 6.45) is 2.41. The third-order valence-corrected chi connectivity index (χ3v) is 5.55. The molecule has 0 bridgehead atoms. The zero-order chi connectivity index (χ0) is 23.9. The summed E-state index contributed by atoms with van der Waals surface area (Å²) >= 11 is 0. The van der Waals surface area contributed by atoms with Gasteiger partial charge in [-0.3, -0.25) is 23.7 Å². The average Bonchev–Trinajstić information content (AvgIpc) is 2.88. The van der Waals surface area contributed by atoms with Crippen LogP contribution < -0.4 is 16.6 Å². The number of carbonyl (C=O) groups excluding carboxylic acids is 1. The normalized spacial score (nSPS) is 11.0. The van der Waals surface area contributed by atoms with Gasteiger partial charge in [-0.2, -0.15) is 0 Å². The largest absolute Gasteiger partial charge is 0.385 e. The van der Waals surface area contributed by atoms with E-state index in [9.17, 15) is 14.4 Å². The van der Waals surface area contributed by atoms with E-state index in [2.05, 4.69) is 10.3 Å². The van der Waals surface area contributed by atoms with Crippen LogP contribution in [0.2, 0.25) is 0 Å². The summed E-state index contributed by atoms with van der Waals surface area (Å²) in [5, 5.41) is 3.30. The maximum atomic E-state index is 13.4. The molecule has 1 N–H and O–H groups in total. The van der Waals surface area contributed by atoms with Gasteiger partial charge in [0.2, 0.25) is 0 Å². The average molecular weight is 459 g/mol. The Balaban J connectivity index is 1.63. The van der Waals surface area contributed by atoms with Gasteiger partial charge >= 0.3 is 5.69 Å². The van der Waals surface area contributed by atoms with Gasteiger partial charge in [0, 0.05) is 32.0 Å². The van der Waals surface area contributed by atoms with Crippen molar-refractivity contribution < 1.29 is 9.53 Å². The third kappa shape index (κ3) is 5.13. The number of pyridine rings is 1. The number of nitrogens with zero attached hydrogens (tertiary/aromatic N) is 3. The predicted octanol–water partition coefficient (Wildman–Crippen LogP) is 2.42. The van der Waals surface area contributed by atoms with Gasteiger partial charge in [0.15, 0.2) is 0 Å². The summed E-state index contributed by atoms with van der Waals surface area (Å²) in [5.41, 5.74) is 1.79. The molecule has 2 heterocycles. The first-order valence-corrected chi connectivity index (χ1v) is 11.1. The predicted molar refractivity (Wildman–Crippen MR) is 130 cm³/mol. The molecule has 4 rings (SSSR count).